The van der Waals surface area contributed by atoms with Crippen molar-refractivity contribution < 1.29 is 4.42 Å². The summed E-state index contributed by atoms with van der Waals surface area (Å²) in [6.07, 6.45) is 0. The minimum Gasteiger partial charge on any atom is -0.456 e. The topological polar surface area (TPSA) is 18.1 Å². The van der Waals surface area contributed by atoms with E-state index in [0.29, 0.717) is 0 Å². The lowest BCUT2D eigenvalue weighted by Gasteiger charge is -2.18. The highest BCUT2D eigenvalue weighted by molar-refractivity contribution is 6.27. The molecule has 0 unspecified atom stereocenters. The first kappa shape index (κ1) is 36.7. The Labute approximate surface area is 380 Å². The number of hydrogen-bond acceptors (Lipinski definition) is 1. The van der Waals surface area contributed by atoms with Crippen molar-refractivity contribution in [2.75, 3.05) is 0 Å². The largest absolute Gasteiger partial charge is 0.456 e. The molecule has 0 saturated carbocycles. The average Bonchev–Trinajstić information content (AvgIpc) is 3.93. The predicted molar refractivity (Wildman–Crippen MR) is 280 cm³/mol. The van der Waals surface area contributed by atoms with E-state index >= 15 is 0 Å². The molecule has 0 atom stereocenters. The lowest BCUT2D eigenvalue weighted by molar-refractivity contribution is 0.669. The van der Waals surface area contributed by atoms with E-state index in [2.05, 4.69) is 241 Å². The molecule has 0 aliphatic rings. The molecule has 2 nitrogen and oxygen atoms in total. The van der Waals surface area contributed by atoms with Crippen LogP contribution in [0.15, 0.2) is 241 Å². The summed E-state index contributed by atoms with van der Waals surface area (Å²) in [5.74, 6) is 0. The number of para-hydroxylation sites is 2. The molecule has 2 heteroatoms. The highest BCUT2D eigenvalue weighted by atomic mass is 16.3. The zero-order valence-electron chi connectivity index (χ0n) is 35.9. The molecule has 0 bridgehead atoms. The molecule has 0 aliphatic heterocycles. The van der Waals surface area contributed by atoms with Crippen LogP contribution in [0.1, 0.15) is 0 Å². The van der Waals surface area contributed by atoms with E-state index in [-0.39, 0.29) is 0 Å². The maximum Gasteiger partial charge on any atom is 0.136 e. The van der Waals surface area contributed by atoms with Gasteiger partial charge in [-0.05, 0) is 130 Å². The Morgan fingerprint density at radius 3 is 1.18 bits per heavy atom. The summed E-state index contributed by atoms with van der Waals surface area (Å²) in [6.45, 7) is 0. The zero-order valence-corrected chi connectivity index (χ0v) is 35.9. The standard InChI is InChI=1S/C64H39NO/c1-2-17-40(18-3-1)60-50-25-8-10-27-52(50)63(53-28-11-9-26-51(53)60)55-29-16-32-58-64(55)54-38-35-42(39-59(54)66-58)62-48-23-6-4-21-46(48)61(47-22-5-7-24-49(47)62)41-33-36-43(37-34-41)65-56-30-14-12-19-44(56)45-20-13-15-31-57(45)65/h1-39H. The van der Waals surface area contributed by atoms with Crippen molar-refractivity contribution >= 4 is 86.8 Å². The second-order valence-electron chi connectivity index (χ2n) is 17.5. The lowest BCUT2D eigenvalue weighted by Crippen LogP contribution is -1.94. The number of nitrogens with zero attached hydrogens (tertiary/aromatic N) is 1. The van der Waals surface area contributed by atoms with E-state index in [1.54, 1.807) is 0 Å². The summed E-state index contributed by atoms with van der Waals surface area (Å²) in [5.41, 5.74) is 15.0. The summed E-state index contributed by atoms with van der Waals surface area (Å²) < 4.78 is 9.29. The van der Waals surface area contributed by atoms with Gasteiger partial charge in [0.05, 0.1) is 11.0 Å². The van der Waals surface area contributed by atoms with Gasteiger partial charge in [0.15, 0.2) is 0 Å². The van der Waals surface area contributed by atoms with Gasteiger partial charge in [-0.15, -0.1) is 0 Å². The Hall–Kier alpha value is -8.72. The van der Waals surface area contributed by atoms with Gasteiger partial charge in [0.2, 0.25) is 0 Å². The number of rotatable bonds is 5. The molecule has 0 spiro atoms. The molecule has 2 aromatic heterocycles. The molecule has 14 rings (SSSR count). The predicted octanol–water partition coefficient (Wildman–Crippen LogP) is 18.0. The van der Waals surface area contributed by atoms with Gasteiger partial charge >= 0.3 is 0 Å². The van der Waals surface area contributed by atoms with E-state index in [1.807, 2.05) is 0 Å². The smallest absolute Gasteiger partial charge is 0.136 e. The van der Waals surface area contributed by atoms with Crippen LogP contribution in [0.25, 0.3) is 137 Å². The van der Waals surface area contributed by atoms with Gasteiger partial charge < -0.3 is 8.98 Å². The molecular weight excluding hydrogens is 799 g/mol. The normalized spacial score (nSPS) is 11.9. The number of benzene rings is 12. The number of hydrogen-bond donors (Lipinski definition) is 0. The number of furan rings is 1. The molecule has 0 N–H and O–H groups in total. The van der Waals surface area contributed by atoms with Gasteiger partial charge in [-0.2, -0.15) is 0 Å². The van der Waals surface area contributed by atoms with Gasteiger partial charge in [0.25, 0.3) is 0 Å². The van der Waals surface area contributed by atoms with Crippen molar-refractivity contribution in [3.05, 3.63) is 237 Å². The van der Waals surface area contributed by atoms with Crippen molar-refractivity contribution in [3.8, 4) is 50.2 Å². The van der Waals surface area contributed by atoms with Crippen molar-refractivity contribution in [1.82, 2.24) is 4.57 Å². The maximum atomic E-state index is 6.90. The molecule has 0 aliphatic carbocycles. The third kappa shape index (κ3) is 5.36. The van der Waals surface area contributed by atoms with Crippen LogP contribution >= 0.6 is 0 Å². The molecular formula is C64H39NO. The molecule has 66 heavy (non-hydrogen) atoms. The van der Waals surface area contributed by atoms with Gasteiger partial charge in [0, 0.05) is 27.2 Å². The van der Waals surface area contributed by atoms with Crippen LogP contribution in [-0.2, 0) is 0 Å². The summed E-state index contributed by atoms with van der Waals surface area (Å²) in [6, 6.07) is 86.3. The summed E-state index contributed by atoms with van der Waals surface area (Å²) in [5, 5.41) is 14.6. The van der Waals surface area contributed by atoms with E-state index in [4.69, 9.17) is 4.42 Å². The van der Waals surface area contributed by atoms with Gasteiger partial charge in [0.1, 0.15) is 11.2 Å². The Kier molecular flexibility index (Phi) is 8.02. The van der Waals surface area contributed by atoms with Gasteiger partial charge in [-0.25, -0.2) is 0 Å². The molecule has 0 saturated heterocycles. The Bertz CT molecular complexity index is 4100. The minimum absolute atomic E-state index is 0.877. The first-order valence-electron chi connectivity index (χ1n) is 22.8. The fraction of sp³-hybridized carbons (Fsp3) is 0. The maximum absolute atomic E-state index is 6.90. The van der Waals surface area contributed by atoms with Crippen molar-refractivity contribution in [3.63, 3.8) is 0 Å². The first-order valence-corrected chi connectivity index (χ1v) is 22.8. The summed E-state index contributed by atoms with van der Waals surface area (Å²) in [4.78, 5) is 0. The van der Waals surface area contributed by atoms with E-state index in [9.17, 15) is 0 Å². The number of fused-ring (bicyclic) bond motifs is 10. The minimum atomic E-state index is 0.877. The summed E-state index contributed by atoms with van der Waals surface area (Å²) >= 11 is 0. The van der Waals surface area contributed by atoms with Crippen LogP contribution in [0.5, 0.6) is 0 Å². The second kappa shape index (κ2) is 14.4. The third-order valence-electron chi connectivity index (χ3n) is 14.0. The molecule has 12 aromatic carbocycles. The van der Waals surface area contributed by atoms with E-state index < -0.39 is 0 Å². The monoisotopic (exact) mass is 837 g/mol. The first-order chi connectivity index (χ1) is 32.8. The Morgan fingerprint density at radius 1 is 0.258 bits per heavy atom. The fourth-order valence-electron chi connectivity index (χ4n) is 11.3. The fourth-order valence-corrected chi connectivity index (χ4v) is 11.3. The van der Waals surface area contributed by atoms with Crippen LogP contribution in [0.2, 0.25) is 0 Å². The van der Waals surface area contributed by atoms with Crippen LogP contribution in [0, 0.1) is 0 Å². The van der Waals surface area contributed by atoms with Gasteiger partial charge in [-0.1, -0.05) is 194 Å². The zero-order chi connectivity index (χ0) is 43.3. The molecule has 0 amide bonds. The SMILES string of the molecule is c1ccc(-c2c3ccccc3c(-c3cccc4oc5cc(-c6c7ccccc7c(-c7ccc(-n8c9ccccc9c9ccccc98)cc7)c7ccccc67)ccc5c34)c3ccccc23)cc1. The molecule has 2 heterocycles. The molecule has 0 fully saturated rings. The van der Waals surface area contributed by atoms with Gasteiger partial charge in [-0.3, -0.25) is 0 Å². The van der Waals surface area contributed by atoms with Crippen molar-refractivity contribution in [1.29, 1.82) is 0 Å². The third-order valence-corrected chi connectivity index (χ3v) is 14.0. The lowest BCUT2D eigenvalue weighted by atomic mass is 9.84. The van der Waals surface area contributed by atoms with Crippen LogP contribution in [0.4, 0.5) is 0 Å². The highest BCUT2D eigenvalue weighted by Gasteiger charge is 2.22. The van der Waals surface area contributed by atoms with Crippen LogP contribution in [0.3, 0.4) is 0 Å². The van der Waals surface area contributed by atoms with Crippen molar-refractivity contribution in [2.45, 2.75) is 0 Å². The average molecular weight is 838 g/mol. The summed E-state index contributed by atoms with van der Waals surface area (Å²) in [7, 11) is 0. The van der Waals surface area contributed by atoms with Crippen molar-refractivity contribution in [2.24, 2.45) is 0 Å². The molecule has 14 aromatic rings. The van der Waals surface area contributed by atoms with Crippen LogP contribution < -0.4 is 0 Å². The number of aromatic nitrogens is 1. The quantitative estimate of drug-likeness (QED) is 0.158. The van der Waals surface area contributed by atoms with E-state index in [0.717, 1.165) is 33.2 Å². The molecule has 0 radical (unpaired) electrons. The Morgan fingerprint density at radius 2 is 0.667 bits per heavy atom. The Balaban J connectivity index is 0.946. The molecule has 306 valence electrons. The van der Waals surface area contributed by atoms with Crippen LogP contribution in [-0.4, -0.2) is 4.57 Å². The second-order valence-corrected chi connectivity index (χ2v) is 17.5. The van der Waals surface area contributed by atoms with E-state index in [1.165, 1.54) is 104 Å². The highest BCUT2D eigenvalue weighted by Crippen LogP contribution is 2.49.